The van der Waals surface area contributed by atoms with Crippen molar-refractivity contribution >= 4 is 17.9 Å². The molecule has 0 rings (SSSR count). The van der Waals surface area contributed by atoms with Crippen molar-refractivity contribution in [1.29, 1.82) is 0 Å². The van der Waals surface area contributed by atoms with E-state index < -0.39 is 6.10 Å². The van der Waals surface area contributed by atoms with Gasteiger partial charge in [0.15, 0.2) is 6.10 Å². The molecular formula is C66H124O6. The zero-order valence-corrected chi connectivity index (χ0v) is 48.7. The van der Waals surface area contributed by atoms with Gasteiger partial charge in [-0.05, 0) is 70.6 Å². The Balaban J connectivity index is 4.29. The van der Waals surface area contributed by atoms with Crippen LogP contribution in [0.15, 0.2) is 24.3 Å². The normalized spacial score (nSPS) is 12.1. The molecule has 0 fully saturated rings. The Morgan fingerprint density at radius 1 is 0.264 bits per heavy atom. The minimum Gasteiger partial charge on any atom is -0.462 e. The van der Waals surface area contributed by atoms with Gasteiger partial charge < -0.3 is 14.2 Å². The van der Waals surface area contributed by atoms with E-state index >= 15 is 0 Å². The third-order valence-electron chi connectivity index (χ3n) is 14.7. The quantitative estimate of drug-likeness (QED) is 0.0261. The van der Waals surface area contributed by atoms with Crippen LogP contribution in [0.4, 0.5) is 0 Å². The van der Waals surface area contributed by atoms with Gasteiger partial charge >= 0.3 is 17.9 Å². The molecule has 0 aromatic carbocycles. The fourth-order valence-electron chi connectivity index (χ4n) is 9.79. The van der Waals surface area contributed by atoms with Crippen molar-refractivity contribution in [3.63, 3.8) is 0 Å². The van der Waals surface area contributed by atoms with E-state index in [0.717, 1.165) is 64.2 Å². The SMILES string of the molecule is CCCCCCC/C=C\CCCCCCCC(=O)OCC(COC(=O)CCCCCCCCCCCCCCCCCCCCCCC)OC(=O)CCCCCCCCCCC/C=C\CCCCCCCC. The zero-order chi connectivity index (χ0) is 52.2. The summed E-state index contributed by atoms with van der Waals surface area (Å²) in [5, 5.41) is 0. The number of hydrogen-bond acceptors (Lipinski definition) is 6. The van der Waals surface area contributed by atoms with Crippen LogP contribution in [0.3, 0.4) is 0 Å². The molecule has 6 heteroatoms. The predicted octanol–water partition coefficient (Wildman–Crippen LogP) is 21.8. The first-order valence-electron chi connectivity index (χ1n) is 32.3. The second kappa shape index (κ2) is 61.4. The highest BCUT2D eigenvalue weighted by molar-refractivity contribution is 5.71. The van der Waals surface area contributed by atoms with Crippen molar-refractivity contribution in [2.75, 3.05) is 13.2 Å². The molecule has 0 heterocycles. The van der Waals surface area contributed by atoms with Gasteiger partial charge in [0.25, 0.3) is 0 Å². The summed E-state index contributed by atoms with van der Waals surface area (Å²) >= 11 is 0. The van der Waals surface area contributed by atoms with Gasteiger partial charge in [0, 0.05) is 19.3 Å². The maximum atomic E-state index is 12.9. The second-order valence-corrected chi connectivity index (χ2v) is 22.0. The Morgan fingerprint density at radius 2 is 0.458 bits per heavy atom. The summed E-state index contributed by atoms with van der Waals surface area (Å²) in [7, 11) is 0. The van der Waals surface area contributed by atoms with Crippen molar-refractivity contribution in [3.05, 3.63) is 24.3 Å². The first-order chi connectivity index (χ1) is 35.5. The summed E-state index contributed by atoms with van der Waals surface area (Å²) in [6.07, 6.45) is 73.3. The van der Waals surface area contributed by atoms with Crippen LogP contribution in [-0.4, -0.2) is 37.2 Å². The highest BCUT2D eigenvalue weighted by atomic mass is 16.6. The van der Waals surface area contributed by atoms with Gasteiger partial charge in [-0.15, -0.1) is 0 Å². The zero-order valence-electron chi connectivity index (χ0n) is 48.7. The van der Waals surface area contributed by atoms with Gasteiger partial charge in [-0.3, -0.25) is 14.4 Å². The number of carbonyl (C=O) groups is 3. The van der Waals surface area contributed by atoms with Gasteiger partial charge in [0.2, 0.25) is 0 Å². The number of rotatable bonds is 60. The lowest BCUT2D eigenvalue weighted by molar-refractivity contribution is -0.167. The van der Waals surface area contributed by atoms with Crippen LogP contribution in [0.2, 0.25) is 0 Å². The second-order valence-electron chi connectivity index (χ2n) is 22.0. The van der Waals surface area contributed by atoms with Crippen molar-refractivity contribution in [2.24, 2.45) is 0 Å². The maximum absolute atomic E-state index is 12.9. The minimum atomic E-state index is -0.773. The van der Waals surface area contributed by atoms with Crippen LogP contribution in [0.1, 0.15) is 361 Å². The first-order valence-corrected chi connectivity index (χ1v) is 32.3. The van der Waals surface area contributed by atoms with E-state index in [4.69, 9.17) is 14.2 Å². The van der Waals surface area contributed by atoms with Crippen molar-refractivity contribution in [1.82, 2.24) is 0 Å². The van der Waals surface area contributed by atoms with Crippen LogP contribution in [0, 0.1) is 0 Å². The number of hydrogen-bond donors (Lipinski definition) is 0. The van der Waals surface area contributed by atoms with Crippen molar-refractivity contribution < 1.29 is 28.6 Å². The topological polar surface area (TPSA) is 78.9 Å². The number of ether oxygens (including phenoxy) is 3. The summed E-state index contributed by atoms with van der Waals surface area (Å²) < 4.78 is 16.9. The predicted molar refractivity (Wildman–Crippen MR) is 312 cm³/mol. The molecule has 0 N–H and O–H groups in total. The van der Waals surface area contributed by atoms with Gasteiger partial charge in [-0.25, -0.2) is 0 Å². The minimum absolute atomic E-state index is 0.0696. The standard InChI is InChI=1S/C66H124O6/c1-4-7-10-13-16-19-22-25-28-30-32-33-35-36-38-41-44-47-50-53-56-59-65(68)71-62-63(61-70-64(67)58-55-52-49-46-43-40-27-24-21-18-15-12-9-6-3)72-66(69)60-57-54-51-48-45-42-39-37-34-31-29-26-23-20-17-14-11-8-5-2/h24,26-27,29,63H,4-23,25,28,30-62H2,1-3H3/b27-24-,29-26-. The lowest BCUT2D eigenvalue weighted by Crippen LogP contribution is -2.30. The number of allylic oxidation sites excluding steroid dienone is 4. The largest absolute Gasteiger partial charge is 0.462 e. The van der Waals surface area contributed by atoms with E-state index in [-0.39, 0.29) is 31.1 Å². The molecule has 0 aromatic rings. The number of unbranched alkanes of at least 4 members (excludes halogenated alkanes) is 45. The lowest BCUT2D eigenvalue weighted by Gasteiger charge is -2.18. The van der Waals surface area contributed by atoms with Gasteiger partial charge in [0.05, 0.1) is 0 Å². The van der Waals surface area contributed by atoms with E-state index in [1.165, 1.54) is 257 Å². The molecule has 0 aliphatic rings. The summed E-state index contributed by atoms with van der Waals surface area (Å²) in [4.78, 5) is 38.3. The fourth-order valence-corrected chi connectivity index (χ4v) is 9.79. The summed E-state index contributed by atoms with van der Waals surface area (Å²) in [6.45, 7) is 6.69. The van der Waals surface area contributed by atoms with Gasteiger partial charge in [-0.2, -0.15) is 0 Å². The molecule has 0 aromatic heterocycles. The van der Waals surface area contributed by atoms with E-state index in [0.29, 0.717) is 19.3 Å². The molecular weight excluding hydrogens is 889 g/mol. The molecule has 0 saturated carbocycles. The number of carbonyl (C=O) groups excluding carboxylic acids is 3. The van der Waals surface area contributed by atoms with Crippen molar-refractivity contribution in [3.8, 4) is 0 Å². The van der Waals surface area contributed by atoms with E-state index in [9.17, 15) is 14.4 Å². The molecule has 1 unspecified atom stereocenters. The molecule has 0 aliphatic heterocycles. The molecule has 0 amide bonds. The van der Waals surface area contributed by atoms with Crippen LogP contribution in [-0.2, 0) is 28.6 Å². The molecule has 72 heavy (non-hydrogen) atoms. The van der Waals surface area contributed by atoms with Crippen LogP contribution >= 0.6 is 0 Å². The third kappa shape index (κ3) is 58.8. The van der Waals surface area contributed by atoms with E-state index in [1.54, 1.807) is 0 Å². The molecule has 424 valence electrons. The Morgan fingerprint density at radius 3 is 0.694 bits per heavy atom. The van der Waals surface area contributed by atoms with E-state index in [2.05, 4.69) is 45.1 Å². The maximum Gasteiger partial charge on any atom is 0.306 e. The third-order valence-corrected chi connectivity index (χ3v) is 14.7. The Kier molecular flexibility index (Phi) is 59.6. The Labute approximate surface area is 449 Å². The van der Waals surface area contributed by atoms with Crippen LogP contribution < -0.4 is 0 Å². The monoisotopic (exact) mass is 1010 g/mol. The molecule has 0 aliphatic carbocycles. The van der Waals surface area contributed by atoms with E-state index in [1.807, 2.05) is 0 Å². The molecule has 0 bridgehead atoms. The average molecular weight is 1010 g/mol. The highest BCUT2D eigenvalue weighted by Crippen LogP contribution is 2.18. The molecule has 0 saturated heterocycles. The van der Waals surface area contributed by atoms with Crippen LogP contribution in [0.25, 0.3) is 0 Å². The van der Waals surface area contributed by atoms with Crippen LogP contribution in [0.5, 0.6) is 0 Å². The molecule has 6 nitrogen and oxygen atoms in total. The molecule has 1 atom stereocenters. The molecule has 0 radical (unpaired) electrons. The summed E-state index contributed by atoms with van der Waals surface area (Å²) in [6, 6.07) is 0. The molecule has 0 spiro atoms. The first kappa shape index (κ1) is 69.9. The van der Waals surface area contributed by atoms with Crippen molar-refractivity contribution in [2.45, 2.75) is 367 Å². The summed E-state index contributed by atoms with van der Waals surface area (Å²) in [5.74, 6) is -0.854. The van der Waals surface area contributed by atoms with Gasteiger partial charge in [-0.1, -0.05) is 295 Å². The lowest BCUT2D eigenvalue weighted by atomic mass is 10.0. The summed E-state index contributed by atoms with van der Waals surface area (Å²) in [5.41, 5.74) is 0. The number of esters is 3. The van der Waals surface area contributed by atoms with Gasteiger partial charge in [0.1, 0.15) is 13.2 Å². The Hall–Kier alpha value is -2.11. The average Bonchev–Trinajstić information content (AvgIpc) is 3.38. The fraction of sp³-hybridized carbons (Fsp3) is 0.894. The smallest absolute Gasteiger partial charge is 0.306 e. The Bertz CT molecular complexity index is 1160. The highest BCUT2D eigenvalue weighted by Gasteiger charge is 2.19.